The number of aromatic nitrogens is 3. The van der Waals surface area contributed by atoms with Gasteiger partial charge in [-0.15, -0.1) is 11.3 Å². The van der Waals surface area contributed by atoms with Crippen molar-refractivity contribution >= 4 is 11.3 Å². The van der Waals surface area contributed by atoms with Gasteiger partial charge in [-0.3, -0.25) is 4.68 Å². The fraction of sp³-hybridized carbons (Fsp3) is 0.538. The Bertz CT molecular complexity index is 489. The summed E-state index contributed by atoms with van der Waals surface area (Å²) in [6.45, 7) is 5.23. The van der Waals surface area contributed by atoms with Crippen molar-refractivity contribution in [1.29, 1.82) is 0 Å². The highest BCUT2D eigenvalue weighted by molar-refractivity contribution is 7.09. The first-order valence-corrected chi connectivity index (χ1v) is 7.21. The van der Waals surface area contributed by atoms with Crippen LogP contribution in [0.3, 0.4) is 0 Å². The zero-order valence-corrected chi connectivity index (χ0v) is 12.0. The van der Waals surface area contributed by atoms with E-state index in [4.69, 9.17) is 0 Å². The molecule has 0 fully saturated rings. The maximum Gasteiger partial charge on any atom is 0.0898 e. The summed E-state index contributed by atoms with van der Waals surface area (Å²) < 4.78 is 1.85. The molecule has 2 heterocycles. The molecule has 5 heteroatoms. The molecule has 0 spiro atoms. The number of aryl methyl sites for hydroxylation is 2. The van der Waals surface area contributed by atoms with Crippen LogP contribution in [0, 0.1) is 6.92 Å². The van der Waals surface area contributed by atoms with Gasteiger partial charge in [0.15, 0.2) is 0 Å². The molecule has 18 heavy (non-hydrogen) atoms. The van der Waals surface area contributed by atoms with Crippen LogP contribution in [0.2, 0.25) is 0 Å². The Labute approximate surface area is 112 Å². The minimum Gasteiger partial charge on any atom is -0.308 e. The van der Waals surface area contributed by atoms with Crippen LogP contribution in [0.15, 0.2) is 17.6 Å². The normalized spacial score (nSPS) is 12.8. The van der Waals surface area contributed by atoms with Crippen LogP contribution in [0.4, 0.5) is 0 Å². The minimum absolute atomic E-state index is 0.268. The molecule has 0 aliphatic carbocycles. The second-order valence-corrected chi connectivity index (χ2v) is 5.55. The Morgan fingerprint density at radius 2 is 2.33 bits per heavy atom. The summed E-state index contributed by atoms with van der Waals surface area (Å²) >= 11 is 1.71. The van der Waals surface area contributed by atoms with Crippen molar-refractivity contribution in [3.63, 3.8) is 0 Å². The van der Waals surface area contributed by atoms with Crippen LogP contribution in [0.5, 0.6) is 0 Å². The van der Waals surface area contributed by atoms with E-state index in [1.54, 1.807) is 11.3 Å². The van der Waals surface area contributed by atoms with Gasteiger partial charge < -0.3 is 5.32 Å². The van der Waals surface area contributed by atoms with Crippen LogP contribution in [-0.4, -0.2) is 21.3 Å². The third-order valence-corrected chi connectivity index (χ3v) is 3.61. The fourth-order valence-electron chi connectivity index (χ4n) is 1.92. The third-order valence-electron chi connectivity index (χ3n) is 2.82. The Kier molecular flexibility index (Phi) is 4.49. The van der Waals surface area contributed by atoms with E-state index in [9.17, 15) is 0 Å². The van der Waals surface area contributed by atoms with Crippen molar-refractivity contribution in [2.45, 2.75) is 32.7 Å². The molecule has 2 rings (SSSR count). The first-order chi connectivity index (χ1) is 8.69. The van der Waals surface area contributed by atoms with E-state index in [0.717, 1.165) is 35.8 Å². The summed E-state index contributed by atoms with van der Waals surface area (Å²) in [6.07, 6.45) is 4.00. The Morgan fingerprint density at radius 1 is 1.50 bits per heavy atom. The highest BCUT2D eigenvalue weighted by Crippen LogP contribution is 2.19. The molecular weight excluding hydrogens is 244 g/mol. The first-order valence-electron chi connectivity index (χ1n) is 6.33. The third kappa shape index (κ3) is 3.40. The predicted octanol–water partition coefficient (Wildman–Crippen LogP) is 2.47. The quantitative estimate of drug-likeness (QED) is 0.871. The largest absolute Gasteiger partial charge is 0.308 e. The molecule has 1 atom stereocenters. The number of hydrogen-bond donors (Lipinski definition) is 1. The van der Waals surface area contributed by atoms with Gasteiger partial charge in [0.2, 0.25) is 0 Å². The zero-order valence-electron chi connectivity index (χ0n) is 11.2. The van der Waals surface area contributed by atoms with E-state index in [-0.39, 0.29) is 6.04 Å². The number of hydrogen-bond acceptors (Lipinski definition) is 4. The van der Waals surface area contributed by atoms with Crippen molar-refractivity contribution < 1.29 is 0 Å². The van der Waals surface area contributed by atoms with E-state index in [2.05, 4.69) is 33.8 Å². The summed E-state index contributed by atoms with van der Waals surface area (Å²) in [7, 11) is 1.95. The van der Waals surface area contributed by atoms with Gasteiger partial charge >= 0.3 is 0 Å². The summed E-state index contributed by atoms with van der Waals surface area (Å²) in [4.78, 5) is 4.59. The van der Waals surface area contributed by atoms with Gasteiger partial charge in [0.1, 0.15) is 0 Å². The van der Waals surface area contributed by atoms with Crippen molar-refractivity contribution in [2.75, 3.05) is 6.54 Å². The van der Waals surface area contributed by atoms with Crippen molar-refractivity contribution in [3.05, 3.63) is 34.0 Å². The Morgan fingerprint density at radius 3 is 2.89 bits per heavy atom. The van der Waals surface area contributed by atoms with Gasteiger partial charge in [-0.05, 0) is 26.0 Å². The predicted molar refractivity (Wildman–Crippen MR) is 74.8 cm³/mol. The van der Waals surface area contributed by atoms with Gasteiger partial charge in [-0.1, -0.05) is 6.92 Å². The molecule has 0 aromatic carbocycles. The van der Waals surface area contributed by atoms with E-state index >= 15 is 0 Å². The van der Waals surface area contributed by atoms with Crippen LogP contribution in [-0.2, 0) is 13.5 Å². The lowest BCUT2D eigenvalue weighted by Gasteiger charge is -2.15. The molecule has 0 saturated carbocycles. The maximum atomic E-state index is 4.59. The Balaban J connectivity index is 2.09. The molecule has 1 unspecified atom stereocenters. The first kappa shape index (κ1) is 13.2. The summed E-state index contributed by atoms with van der Waals surface area (Å²) in [6, 6.07) is 2.34. The van der Waals surface area contributed by atoms with Gasteiger partial charge in [0, 0.05) is 25.0 Å². The second kappa shape index (κ2) is 6.11. The van der Waals surface area contributed by atoms with Gasteiger partial charge in [-0.2, -0.15) is 5.10 Å². The van der Waals surface area contributed by atoms with E-state index < -0.39 is 0 Å². The highest BCUT2D eigenvalue weighted by atomic mass is 32.1. The molecular formula is C13H20N4S. The lowest BCUT2D eigenvalue weighted by molar-refractivity contribution is 0.512. The molecule has 0 saturated heterocycles. The lowest BCUT2D eigenvalue weighted by atomic mass is 10.1. The van der Waals surface area contributed by atoms with Crippen LogP contribution < -0.4 is 5.32 Å². The molecule has 2 aromatic heterocycles. The molecule has 1 N–H and O–H groups in total. The van der Waals surface area contributed by atoms with Gasteiger partial charge in [-0.25, -0.2) is 4.98 Å². The van der Waals surface area contributed by atoms with Crippen molar-refractivity contribution in [1.82, 2.24) is 20.1 Å². The summed E-state index contributed by atoms with van der Waals surface area (Å²) in [5, 5.41) is 11.3. The summed E-state index contributed by atoms with van der Waals surface area (Å²) in [5.41, 5.74) is 2.24. The van der Waals surface area contributed by atoms with Crippen LogP contribution in [0.25, 0.3) is 0 Å². The maximum absolute atomic E-state index is 4.59. The molecule has 0 amide bonds. The SMILES string of the molecule is CCCNC(Cc1ccn(C)n1)c1csc(C)n1. The molecule has 0 bridgehead atoms. The molecule has 2 aromatic rings. The van der Waals surface area contributed by atoms with E-state index in [1.807, 2.05) is 24.9 Å². The lowest BCUT2D eigenvalue weighted by Crippen LogP contribution is -2.24. The second-order valence-electron chi connectivity index (χ2n) is 4.48. The van der Waals surface area contributed by atoms with E-state index in [1.165, 1.54) is 0 Å². The number of thiazole rings is 1. The summed E-state index contributed by atoms with van der Waals surface area (Å²) in [5.74, 6) is 0. The van der Waals surface area contributed by atoms with Gasteiger partial charge in [0.25, 0.3) is 0 Å². The van der Waals surface area contributed by atoms with E-state index in [0.29, 0.717) is 0 Å². The standard InChI is InChI=1S/C13H20N4S/c1-4-6-14-12(13-9-18-10(2)15-13)8-11-5-7-17(3)16-11/h5,7,9,12,14H,4,6,8H2,1-3H3. The van der Waals surface area contributed by atoms with Crippen LogP contribution >= 0.6 is 11.3 Å². The average Bonchev–Trinajstić information content (AvgIpc) is 2.93. The molecule has 98 valence electrons. The highest BCUT2D eigenvalue weighted by Gasteiger charge is 2.15. The fourth-order valence-corrected chi connectivity index (χ4v) is 2.59. The number of nitrogens with one attached hydrogen (secondary N) is 1. The molecule has 0 aliphatic heterocycles. The van der Waals surface area contributed by atoms with Crippen molar-refractivity contribution in [2.24, 2.45) is 7.05 Å². The smallest absolute Gasteiger partial charge is 0.0898 e. The van der Waals surface area contributed by atoms with Crippen LogP contribution in [0.1, 0.15) is 35.8 Å². The topological polar surface area (TPSA) is 42.7 Å². The molecule has 4 nitrogen and oxygen atoms in total. The minimum atomic E-state index is 0.268. The Hall–Kier alpha value is -1.20. The van der Waals surface area contributed by atoms with Crippen molar-refractivity contribution in [3.8, 4) is 0 Å². The molecule has 0 radical (unpaired) electrons. The average molecular weight is 264 g/mol. The number of rotatable bonds is 6. The monoisotopic (exact) mass is 264 g/mol. The number of nitrogens with zero attached hydrogens (tertiary/aromatic N) is 3. The zero-order chi connectivity index (χ0) is 13.0. The van der Waals surface area contributed by atoms with Gasteiger partial charge in [0.05, 0.1) is 22.4 Å². The molecule has 0 aliphatic rings.